The number of anilines is 1. The first kappa shape index (κ1) is 20.4. The Labute approximate surface area is 183 Å². The van der Waals surface area contributed by atoms with Crippen LogP contribution in [0, 0.1) is 36.5 Å². The Kier molecular flexibility index (Phi) is 5.76. The lowest BCUT2D eigenvalue weighted by atomic mass is 9.96. The summed E-state index contributed by atoms with van der Waals surface area (Å²) in [5.41, 5.74) is 5.15. The monoisotopic (exact) mass is 432 g/mol. The number of nitrogens with one attached hydrogen (secondary N) is 1. The molecule has 0 bridgehead atoms. The quantitative estimate of drug-likeness (QED) is 0.568. The molecule has 30 heavy (non-hydrogen) atoms. The topological polar surface area (TPSA) is 89.6 Å². The van der Waals surface area contributed by atoms with E-state index in [0.29, 0.717) is 21.2 Å². The molecule has 1 aliphatic rings. The molecule has 7 heteroatoms. The van der Waals surface area contributed by atoms with Crippen molar-refractivity contribution in [1.29, 1.82) is 10.5 Å². The number of amides is 1. The lowest BCUT2D eigenvalue weighted by molar-refractivity contribution is -0.113. The molecule has 0 radical (unpaired) electrons. The average Bonchev–Trinajstić information content (AvgIpc) is 3.11. The zero-order chi connectivity index (χ0) is 21.3. The maximum absolute atomic E-state index is 12.6. The molecule has 1 amide bonds. The fourth-order valence-electron chi connectivity index (χ4n) is 3.78. The van der Waals surface area contributed by atoms with Gasteiger partial charge in [-0.1, -0.05) is 23.9 Å². The Bertz CT molecular complexity index is 1250. The van der Waals surface area contributed by atoms with E-state index in [1.807, 2.05) is 32.0 Å². The van der Waals surface area contributed by atoms with Gasteiger partial charge in [-0.3, -0.25) is 4.79 Å². The molecule has 0 fully saturated rings. The number of thiophene rings is 1. The molecule has 0 spiro atoms. The molecule has 0 unspecified atom stereocenters. The predicted octanol–water partition coefficient (Wildman–Crippen LogP) is 5.27. The largest absolute Gasteiger partial charge is 0.316 e. The molecule has 3 aromatic rings. The number of hydrogen-bond donors (Lipinski definition) is 1. The minimum absolute atomic E-state index is 0.130. The van der Waals surface area contributed by atoms with Crippen molar-refractivity contribution >= 4 is 44.9 Å². The van der Waals surface area contributed by atoms with E-state index in [-0.39, 0.29) is 11.7 Å². The first-order valence-electron chi connectivity index (χ1n) is 9.80. The van der Waals surface area contributed by atoms with Gasteiger partial charge in [0.25, 0.3) is 0 Å². The SMILES string of the molecule is Cc1ccc(C)c2nc(SCC(=O)Nc3sc4c(c3C#N)CCCC4)c(C#N)cc12. The number of nitrogens with zero attached hydrogens (tertiary/aromatic N) is 3. The van der Waals surface area contributed by atoms with Gasteiger partial charge in [-0.15, -0.1) is 11.3 Å². The number of carbonyl (C=O) groups is 1. The van der Waals surface area contributed by atoms with Gasteiger partial charge in [0.1, 0.15) is 22.2 Å². The summed E-state index contributed by atoms with van der Waals surface area (Å²) in [7, 11) is 0. The van der Waals surface area contributed by atoms with Crippen LogP contribution in [0.5, 0.6) is 0 Å². The van der Waals surface area contributed by atoms with Crippen molar-refractivity contribution in [3.8, 4) is 12.1 Å². The number of pyridine rings is 1. The summed E-state index contributed by atoms with van der Waals surface area (Å²) in [6, 6.07) is 10.4. The number of rotatable bonds is 4. The van der Waals surface area contributed by atoms with Crippen molar-refractivity contribution in [3.05, 3.63) is 50.9 Å². The number of aryl methyl sites for hydroxylation is 3. The van der Waals surface area contributed by atoms with Crippen molar-refractivity contribution in [3.63, 3.8) is 0 Å². The Morgan fingerprint density at radius 2 is 1.97 bits per heavy atom. The van der Waals surface area contributed by atoms with E-state index in [2.05, 4.69) is 22.4 Å². The van der Waals surface area contributed by atoms with Crippen LogP contribution in [0.2, 0.25) is 0 Å². The zero-order valence-corrected chi connectivity index (χ0v) is 18.5. The third kappa shape index (κ3) is 3.79. The van der Waals surface area contributed by atoms with E-state index in [1.165, 1.54) is 28.0 Å². The van der Waals surface area contributed by atoms with Gasteiger partial charge < -0.3 is 5.32 Å². The molecule has 1 aromatic carbocycles. The van der Waals surface area contributed by atoms with E-state index < -0.39 is 0 Å². The molecule has 1 N–H and O–H groups in total. The Morgan fingerprint density at radius 1 is 1.20 bits per heavy atom. The van der Waals surface area contributed by atoms with Crippen molar-refractivity contribution in [2.75, 3.05) is 11.1 Å². The number of nitriles is 2. The summed E-state index contributed by atoms with van der Waals surface area (Å²) in [5, 5.41) is 24.2. The second kappa shape index (κ2) is 8.47. The molecule has 1 aliphatic carbocycles. The molecular formula is C23H20N4OS2. The summed E-state index contributed by atoms with van der Waals surface area (Å²) in [4.78, 5) is 18.5. The van der Waals surface area contributed by atoms with Gasteiger partial charge in [-0.2, -0.15) is 10.5 Å². The normalized spacial score (nSPS) is 12.8. The number of thioether (sulfide) groups is 1. The highest BCUT2D eigenvalue weighted by atomic mass is 32.2. The number of aromatic nitrogens is 1. The maximum atomic E-state index is 12.6. The van der Waals surface area contributed by atoms with Crippen LogP contribution in [-0.4, -0.2) is 16.6 Å². The molecule has 2 aromatic heterocycles. The van der Waals surface area contributed by atoms with Crippen LogP contribution < -0.4 is 5.32 Å². The lowest BCUT2D eigenvalue weighted by Crippen LogP contribution is -2.14. The number of hydrogen-bond acceptors (Lipinski definition) is 6. The lowest BCUT2D eigenvalue weighted by Gasteiger charge is -2.10. The van der Waals surface area contributed by atoms with Crippen molar-refractivity contribution in [1.82, 2.24) is 4.98 Å². The predicted molar refractivity (Wildman–Crippen MR) is 121 cm³/mol. The standard InChI is InChI=1S/C23H20N4OS2/c1-13-7-8-14(2)21-17(13)9-15(10-24)22(27-21)29-12-20(28)26-23-18(11-25)16-5-3-4-6-19(16)30-23/h7-9H,3-6,12H2,1-2H3,(H,26,28). The van der Waals surface area contributed by atoms with Crippen LogP contribution in [0.3, 0.4) is 0 Å². The smallest absolute Gasteiger partial charge is 0.235 e. The van der Waals surface area contributed by atoms with E-state index in [0.717, 1.165) is 53.3 Å². The van der Waals surface area contributed by atoms with Crippen LogP contribution in [-0.2, 0) is 17.6 Å². The molecule has 5 nitrogen and oxygen atoms in total. The van der Waals surface area contributed by atoms with Crippen LogP contribution in [0.4, 0.5) is 5.00 Å². The third-order valence-corrected chi connectivity index (χ3v) is 7.56. The fraction of sp³-hybridized carbons (Fsp3) is 0.304. The Morgan fingerprint density at radius 3 is 2.73 bits per heavy atom. The second-order valence-corrected chi connectivity index (χ2v) is 9.48. The molecule has 0 saturated carbocycles. The van der Waals surface area contributed by atoms with Crippen LogP contribution >= 0.6 is 23.1 Å². The molecule has 0 saturated heterocycles. The first-order valence-corrected chi connectivity index (χ1v) is 11.6. The maximum Gasteiger partial charge on any atom is 0.235 e. The van der Waals surface area contributed by atoms with E-state index in [1.54, 1.807) is 0 Å². The Hall–Kier alpha value is -2.87. The van der Waals surface area contributed by atoms with Gasteiger partial charge in [0.2, 0.25) is 5.91 Å². The van der Waals surface area contributed by atoms with Gasteiger partial charge in [-0.05, 0) is 62.3 Å². The van der Waals surface area contributed by atoms with Gasteiger partial charge in [0.15, 0.2) is 0 Å². The van der Waals surface area contributed by atoms with Gasteiger partial charge in [-0.25, -0.2) is 4.98 Å². The van der Waals surface area contributed by atoms with Crippen LogP contribution in [0.15, 0.2) is 23.2 Å². The number of carbonyl (C=O) groups excluding carboxylic acids is 1. The average molecular weight is 433 g/mol. The highest BCUT2D eigenvalue weighted by Gasteiger charge is 2.22. The highest BCUT2D eigenvalue weighted by Crippen LogP contribution is 2.37. The minimum atomic E-state index is -0.193. The molecule has 2 heterocycles. The zero-order valence-electron chi connectivity index (χ0n) is 16.8. The molecule has 0 aliphatic heterocycles. The number of fused-ring (bicyclic) bond motifs is 2. The molecular weight excluding hydrogens is 412 g/mol. The summed E-state index contributed by atoms with van der Waals surface area (Å²) >= 11 is 2.77. The van der Waals surface area contributed by atoms with E-state index in [4.69, 9.17) is 0 Å². The first-order chi connectivity index (χ1) is 14.5. The summed E-state index contributed by atoms with van der Waals surface area (Å²) in [5.74, 6) is -0.0623. The highest BCUT2D eigenvalue weighted by molar-refractivity contribution is 8.00. The van der Waals surface area contributed by atoms with Gasteiger partial charge in [0.05, 0.1) is 22.4 Å². The summed E-state index contributed by atoms with van der Waals surface area (Å²) in [6.07, 6.45) is 4.10. The second-order valence-electron chi connectivity index (χ2n) is 7.41. The van der Waals surface area contributed by atoms with Crippen LogP contribution in [0.1, 0.15) is 45.5 Å². The van der Waals surface area contributed by atoms with Crippen LogP contribution in [0.25, 0.3) is 10.9 Å². The van der Waals surface area contributed by atoms with Gasteiger partial charge >= 0.3 is 0 Å². The molecule has 0 atom stereocenters. The van der Waals surface area contributed by atoms with Crippen molar-refractivity contribution < 1.29 is 4.79 Å². The Balaban J connectivity index is 1.54. The van der Waals surface area contributed by atoms with Crippen molar-refractivity contribution in [2.45, 2.75) is 44.6 Å². The third-order valence-electron chi connectivity index (χ3n) is 5.37. The summed E-state index contributed by atoms with van der Waals surface area (Å²) < 4.78 is 0. The number of benzene rings is 1. The van der Waals surface area contributed by atoms with E-state index in [9.17, 15) is 15.3 Å². The summed E-state index contributed by atoms with van der Waals surface area (Å²) in [6.45, 7) is 3.99. The van der Waals surface area contributed by atoms with E-state index >= 15 is 0 Å². The fourth-order valence-corrected chi connectivity index (χ4v) is 5.79. The molecule has 4 rings (SSSR count). The van der Waals surface area contributed by atoms with Gasteiger partial charge in [0, 0.05) is 10.3 Å². The van der Waals surface area contributed by atoms with Crippen molar-refractivity contribution in [2.24, 2.45) is 0 Å². The molecule has 150 valence electrons. The minimum Gasteiger partial charge on any atom is -0.316 e.